The van der Waals surface area contributed by atoms with Gasteiger partial charge in [-0.25, -0.2) is 0 Å². The fraction of sp³-hybridized carbons (Fsp3) is 0.917. The van der Waals surface area contributed by atoms with Crippen molar-refractivity contribution < 1.29 is 0 Å². The second-order valence-corrected chi connectivity index (χ2v) is 6.02. The highest BCUT2D eigenvalue weighted by Crippen LogP contribution is 2.07. The van der Waals surface area contributed by atoms with E-state index in [1.807, 2.05) is 11.8 Å². The molecular weight excluding hydrogens is 218 g/mol. The lowest BCUT2D eigenvalue weighted by molar-refractivity contribution is 0.661. The number of nitrogens with two attached hydrogens (primary N) is 1. The second kappa shape index (κ2) is 9.82. The lowest BCUT2D eigenvalue weighted by atomic mass is 10.2. The number of nitrogens with one attached hydrogen (secondary N) is 1. The Morgan fingerprint density at radius 3 is 2.50 bits per heavy atom. The first kappa shape index (κ1) is 15.6. The van der Waals surface area contributed by atoms with E-state index in [-0.39, 0.29) is 0 Å². The van der Waals surface area contributed by atoms with Crippen molar-refractivity contribution in [3.8, 4) is 0 Å². The van der Waals surface area contributed by atoms with Crippen LogP contribution in [0.5, 0.6) is 0 Å². The summed E-state index contributed by atoms with van der Waals surface area (Å²) < 4.78 is 0. The van der Waals surface area contributed by atoms with Crippen LogP contribution in [-0.4, -0.2) is 30.6 Å². The Labute approximate surface area is 105 Å². The van der Waals surface area contributed by atoms with Crippen molar-refractivity contribution >= 4 is 17.7 Å². The largest absolute Gasteiger partial charge is 0.370 e. The number of hydrogen-bond donors (Lipinski definition) is 2. The Kier molecular flexibility index (Phi) is 9.59. The molecule has 0 radical (unpaired) electrons. The van der Waals surface area contributed by atoms with E-state index < -0.39 is 0 Å². The van der Waals surface area contributed by atoms with E-state index >= 15 is 0 Å². The molecular formula is C12H27N3S. The third kappa shape index (κ3) is 11.7. The molecule has 0 aliphatic rings. The van der Waals surface area contributed by atoms with Gasteiger partial charge in [0.15, 0.2) is 5.96 Å². The van der Waals surface area contributed by atoms with Gasteiger partial charge in [0.1, 0.15) is 0 Å². The normalized spacial score (nSPS) is 12.5. The molecule has 0 saturated heterocycles. The molecule has 0 spiro atoms. The molecule has 0 aromatic rings. The molecule has 0 unspecified atom stereocenters. The van der Waals surface area contributed by atoms with Crippen LogP contribution in [0.4, 0.5) is 0 Å². The zero-order chi connectivity index (χ0) is 12.4. The van der Waals surface area contributed by atoms with Gasteiger partial charge in [-0.3, -0.25) is 4.99 Å². The third-order valence-electron chi connectivity index (χ3n) is 1.85. The van der Waals surface area contributed by atoms with E-state index in [2.05, 4.69) is 38.0 Å². The number of aliphatic imine (C=N–C) groups is 1. The van der Waals surface area contributed by atoms with Crippen LogP contribution >= 0.6 is 11.8 Å². The molecule has 0 atom stereocenters. The zero-order valence-electron chi connectivity index (χ0n) is 11.1. The summed E-state index contributed by atoms with van der Waals surface area (Å²) in [6, 6.07) is 0. The summed E-state index contributed by atoms with van der Waals surface area (Å²) in [7, 11) is 0. The van der Waals surface area contributed by atoms with E-state index in [4.69, 9.17) is 5.73 Å². The molecule has 0 fully saturated rings. The molecule has 0 bridgehead atoms. The Balaban J connectivity index is 3.34. The van der Waals surface area contributed by atoms with Gasteiger partial charge < -0.3 is 11.1 Å². The highest BCUT2D eigenvalue weighted by Gasteiger charge is 1.96. The minimum atomic E-state index is 0.571. The van der Waals surface area contributed by atoms with Crippen molar-refractivity contribution in [1.29, 1.82) is 0 Å². The summed E-state index contributed by atoms with van der Waals surface area (Å²) in [6.07, 6.45) is 1.15. The van der Waals surface area contributed by atoms with Crippen molar-refractivity contribution in [2.75, 3.05) is 24.6 Å². The van der Waals surface area contributed by atoms with Gasteiger partial charge in [-0.15, -0.1) is 0 Å². The molecule has 16 heavy (non-hydrogen) atoms. The third-order valence-corrected chi connectivity index (χ3v) is 3.33. The van der Waals surface area contributed by atoms with Crippen molar-refractivity contribution in [3.63, 3.8) is 0 Å². The fourth-order valence-corrected chi connectivity index (χ4v) is 2.03. The van der Waals surface area contributed by atoms with Crippen molar-refractivity contribution in [2.45, 2.75) is 34.1 Å². The molecule has 0 aromatic carbocycles. The first-order valence-electron chi connectivity index (χ1n) is 6.14. The van der Waals surface area contributed by atoms with Crippen LogP contribution in [-0.2, 0) is 0 Å². The molecule has 3 nitrogen and oxygen atoms in total. The van der Waals surface area contributed by atoms with Gasteiger partial charge in [-0.05, 0) is 29.8 Å². The maximum Gasteiger partial charge on any atom is 0.188 e. The Bertz CT molecular complexity index is 191. The molecule has 0 aliphatic carbocycles. The van der Waals surface area contributed by atoms with Crippen LogP contribution in [0.2, 0.25) is 0 Å². The van der Waals surface area contributed by atoms with Crippen molar-refractivity contribution in [2.24, 2.45) is 22.6 Å². The molecule has 0 heterocycles. The Morgan fingerprint density at radius 2 is 1.94 bits per heavy atom. The molecule has 3 N–H and O–H groups in total. The highest BCUT2D eigenvalue weighted by atomic mass is 32.2. The number of nitrogens with zero attached hydrogens (tertiary/aromatic N) is 1. The Morgan fingerprint density at radius 1 is 1.25 bits per heavy atom. The van der Waals surface area contributed by atoms with Crippen molar-refractivity contribution in [3.05, 3.63) is 0 Å². The predicted molar refractivity (Wildman–Crippen MR) is 76.1 cm³/mol. The minimum absolute atomic E-state index is 0.571. The SMILES string of the molecule is CC(C)CN=C(N)NCCCSCC(C)C. The summed E-state index contributed by atoms with van der Waals surface area (Å²) >= 11 is 2.01. The molecule has 0 saturated carbocycles. The van der Waals surface area contributed by atoms with Gasteiger partial charge in [0.25, 0.3) is 0 Å². The highest BCUT2D eigenvalue weighted by molar-refractivity contribution is 7.99. The van der Waals surface area contributed by atoms with Gasteiger partial charge in [-0.2, -0.15) is 11.8 Å². The molecule has 0 amide bonds. The summed E-state index contributed by atoms with van der Waals surface area (Å²) in [5, 5.41) is 3.14. The average Bonchev–Trinajstić information content (AvgIpc) is 2.19. The fourth-order valence-electron chi connectivity index (χ4n) is 1.05. The number of thioether (sulfide) groups is 1. The number of hydrogen-bond acceptors (Lipinski definition) is 2. The van der Waals surface area contributed by atoms with Crippen LogP contribution < -0.4 is 11.1 Å². The minimum Gasteiger partial charge on any atom is -0.370 e. The van der Waals surface area contributed by atoms with E-state index in [0.717, 1.165) is 25.4 Å². The van der Waals surface area contributed by atoms with Crippen LogP contribution in [0.25, 0.3) is 0 Å². The van der Waals surface area contributed by atoms with Gasteiger partial charge in [0.05, 0.1) is 0 Å². The monoisotopic (exact) mass is 245 g/mol. The van der Waals surface area contributed by atoms with Crippen LogP contribution in [0.3, 0.4) is 0 Å². The molecule has 0 aromatic heterocycles. The van der Waals surface area contributed by atoms with E-state index in [0.29, 0.717) is 11.9 Å². The van der Waals surface area contributed by atoms with Crippen LogP contribution in [0.1, 0.15) is 34.1 Å². The lowest BCUT2D eigenvalue weighted by Gasteiger charge is -2.07. The maximum atomic E-state index is 5.72. The smallest absolute Gasteiger partial charge is 0.188 e. The standard InChI is InChI=1S/C12H27N3S/c1-10(2)8-15-12(13)14-6-5-7-16-9-11(3)4/h10-11H,5-9H2,1-4H3,(H3,13,14,15). The van der Waals surface area contributed by atoms with Gasteiger partial charge >= 0.3 is 0 Å². The summed E-state index contributed by atoms with van der Waals surface area (Å²) in [6.45, 7) is 10.5. The zero-order valence-corrected chi connectivity index (χ0v) is 11.9. The first-order chi connectivity index (χ1) is 7.52. The van der Waals surface area contributed by atoms with E-state index in [9.17, 15) is 0 Å². The van der Waals surface area contributed by atoms with Crippen LogP contribution in [0.15, 0.2) is 4.99 Å². The molecule has 0 aliphatic heterocycles. The average molecular weight is 245 g/mol. The van der Waals surface area contributed by atoms with Crippen LogP contribution in [0, 0.1) is 11.8 Å². The summed E-state index contributed by atoms with van der Waals surface area (Å²) in [5.74, 6) is 4.39. The molecule has 0 rings (SSSR count). The number of guanidine groups is 1. The van der Waals surface area contributed by atoms with E-state index in [1.54, 1.807) is 0 Å². The maximum absolute atomic E-state index is 5.72. The summed E-state index contributed by atoms with van der Waals surface area (Å²) in [5.41, 5.74) is 5.72. The predicted octanol–water partition coefficient (Wildman–Crippen LogP) is 2.33. The lowest BCUT2D eigenvalue weighted by Crippen LogP contribution is -2.33. The first-order valence-corrected chi connectivity index (χ1v) is 7.29. The van der Waals surface area contributed by atoms with Gasteiger partial charge in [-0.1, -0.05) is 27.7 Å². The van der Waals surface area contributed by atoms with Crippen molar-refractivity contribution in [1.82, 2.24) is 5.32 Å². The Hall–Kier alpha value is -0.380. The summed E-state index contributed by atoms with van der Waals surface area (Å²) in [4.78, 5) is 4.25. The molecule has 96 valence electrons. The molecule has 4 heteroatoms. The van der Waals surface area contributed by atoms with E-state index in [1.165, 1.54) is 11.5 Å². The van der Waals surface area contributed by atoms with Gasteiger partial charge in [0.2, 0.25) is 0 Å². The quantitative estimate of drug-likeness (QED) is 0.392. The van der Waals surface area contributed by atoms with Gasteiger partial charge in [0, 0.05) is 13.1 Å². The topological polar surface area (TPSA) is 50.4 Å². The second-order valence-electron chi connectivity index (χ2n) is 4.87. The number of rotatable bonds is 8.